The average Bonchev–Trinajstić information content (AvgIpc) is 2.15. The van der Waals surface area contributed by atoms with Crippen LogP contribution >= 0.6 is 0 Å². The van der Waals surface area contributed by atoms with E-state index >= 15 is 0 Å². The van der Waals surface area contributed by atoms with E-state index in [9.17, 15) is 5.11 Å². The molecule has 1 heterocycles. The largest absolute Gasteiger partial charge is 0.394 e. The Morgan fingerprint density at radius 2 is 2.20 bits per heavy atom. The molecular formula is C12H23NO2. The van der Waals surface area contributed by atoms with Crippen LogP contribution in [0.3, 0.4) is 0 Å². The summed E-state index contributed by atoms with van der Waals surface area (Å²) in [7, 11) is 0. The molecule has 1 saturated heterocycles. The molecule has 1 saturated carbocycles. The summed E-state index contributed by atoms with van der Waals surface area (Å²) in [5.41, 5.74) is 0.0361. The summed E-state index contributed by atoms with van der Waals surface area (Å²) in [6.45, 7) is 5.17. The first-order valence-electron chi connectivity index (χ1n) is 6.08. The highest BCUT2D eigenvalue weighted by Crippen LogP contribution is 2.42. The summed E-state index contributed by atoms with van der Waals surface area (Å²) in [5, 5.41) is 12.8. The summed E-state index contributed by atoms with van der Waals surface area (Å²) in [6.07, 6.45) is 5.97. The Bertz CT molecular complexity index is 222. The van der Waals surface area contributed by atoms with E-state index < -0.39 is 0 Å². The topological polar surface area (TPSA) is 41.5 Å². The van der Waals surface area contributed by atoms with Crippen molar-refractivity contribution in [2.24, 2.45) is 0 Å². The Morgan fingerprint density at radius 1 is 1.47 bits per heavy atom. The van der Waals surface area contributed by atoms with Gasteiger partial charge in [-0.05, 0) is 46.0 Å². The molecule has 0 aromatic carbocycles. The summed E-state index contributed by atoms with van der Waals surface area (Å²) in [4.78, 5) is 0. The van der Waals surface area contributed by atoms with Crippen molar-refractivity contribution in [3.63, 3.8) is 0 Å². The molecule has 2 aliphatic rings. The normalized spacial score (nSPS) is 30.2. The van der Waals surface area contributed by atoms with Crippen LogP contribution in [0.25, 0.3) is 0 Å². The fourth-order valence-electron chi connectivity index (χ4n) is 2.67. The smallest absolute Gasteiger partial charge is 0.0697 e. The fraction of sp³-hybridized carbons (Fsp3) is 1.00. The van der Waals surface area contributed by atoms with Crippen LogP contribution in [-0.2, 0) is 4.74 Å². The maximum atomic E-state index is 9.23. The highest BCUT2D eigenvalue weighted by molar-refractivity contribution is 4.97. The Balaban J connectivity index is 1.87. The van der Waals surface area contributed by atoms with Crippen LogP contribution in [0, 0.1) is 0 Å². The van der Waals surface area contributed by atoms with E-state index in [1.807, 2.05) is 0 Å². The van der Waals surface area contributed by atoms with Crippen molar-refractivity contribution in [1.29, 1.82) is 0 Å². The third-order valence-electron chi connectivity index (χ3n) is 3.75. The van der Waals surface area contributed by atoms with Gasteiger partial charge < -0.3 is 15.2 Å². The molecule has 0 radical (unpaired) electrons. The number of rotatable bonds is 3. The van der Waals surface area contributed by atoms with Crippen molar-refractivity contribution in [2.75, 3.05) is 13.2 Å². The first-order chi connectivity index (χ1) is 7.05. The Labute approximate surface area is 92.2 Å². The minimum Gasteiger partial charge on any atom is -0.394 e. The predicted molar refractivity (Wildman–Crippen MR) is 59.9 cm³/mol. The number of hydrogen-bond acceptors (Lipinski definition) is 3. The van der Waals surface area contributed by atoms with E-state index in [1.54, 1.807) is 0 Å². The highest BCUT2D eigenvalue weighted by atomic mass is 16.5. The number of hydrogen-bond donors (Lipinski definition) is 2. The zero-order valence-electron chi connectivity index (χ0n) is 9.88. The number of nitrogens with one attached hydrogen (secondary N) is 1. The zero-order valence-corrected chi connectivity index (χ0v) is 9.88. The van der Waals surface area contributed by atoms with E-state index in [-0.39, 0.29) is 17.7 Å². The molecule has 0 aromatic rings. The number of aliphatic hydroxyl groups excluding tert-OH is 1. The van der Waals surface area contributed by atoms with Gasteiger partial charge in [0.1, 0.15) is 0 Å². The van der Waals surface area contributed by atoms with Gasteiger partial charge in [-0.2, -0.15) is 0 Å². The fourth-order valence-corrected chi connectivity index (χ4v) is 2.67. The van der Waals surface area contributed by atoms with Crippen LogP contribution < -0.4 is 5.32 Å². The molecule has 15 heavy (non-hydrogen) atoms. The van der Waals surface area contributed by atoms with E-state index in [0.29, 0.717) is 6.04 Å². The summed E-state index contributed by atoms with van der Waals surface area (Å²) < 4.78 is 5.88. The van der Waals surface area contributed by atoms with Crippen LogP contribution in [0.5, 0.6) is 0 Å². The van der Waals surface area contributed by atoms with Gasteiger partial charge in [-0.25, -0.2) is 0 Å². The lowest BCUT2D eigenvalue weighted by atomic mass is 9.73. The maximum Gasteiger partial charge on any atom is 0.0697 e. The van der Waals surface area contributed by atoms with Crippen molar-refractivity contribution in [3.05, 3.63) is 0 Å². The van der Waals surface area contributed by atoms with E-state index in [2.05, 4.69) is 19.2 Å². The molecule has 1 spiro atoms. The van der Waals surface area contributed by atoms with Crippen LogP contribution in [0.1, 0.15) is 46.0 Å². The lowest BCUT2D eigenvalue weighted by molar-refractivity contribution is -0.137. The SMILES string of the molecule is CC(C)(CO)NC1CCOC2(CCC2)C1. The molecular weight excluding hydrogens is 190 g/mol. The first-order valence-corrected chi connectivity index (χ1v) is 6.08. The molecule has 2 fully saturated rings. The molecule has 88 valence electrons. The molecule has 3 nitrogen and oxygen atoms in total. The summed E-state index contributed by atoms with van der Waals surface area (Å²) in [6, 6.07) is 0.515. The Hall–Kier alpha value is -0.120. The van der Waals surface area contributed by atoms with Gasteiger partial charge >= 0.3 is 0 Å². The van der Waals surface area contributed by atoms with Gasteiger partial charge in [0.2, 0.25) is 0 Å². The third-order valence-corrected chi connectivity index (χ3v) is 3.75. The number of aliphatic hydroxyl groups is 1. The molecule has 3 heteroatoms. The molecule has 0 bridgehead atoms. The summed E-state index contributed by atoms with van der Waals surface area (Å²) >= 11 is 0. The van der Waals surface area contributed by atoms with Crippen molar-refractivity contribution in [3.8, 4) is 0 Å². The lowest BCUT2D eigenvalue weighted by Crippen LogP contribution is -2.56. The predicted octanol–water partition coefficient (Wildman–Crippen LogP) is 1.45. The van der Waals surface area contributed by atoms with E-state index in [0.717, 1.165) is 19.4 Å². The van der Waals surface area contributed by atoms with Gasteiger partial charge in [-0.3, -0.25) is 0 Å². The quantitative estimate of drug-likeness (QED) is 0.745. The zero-order chi connectivity index (χ0) is 10.9. The molecule has 1 aliphatic heterocycles. The molecule has 1 atom stereocenters. The maximum absolute atomic E-state index is 9.23. The van der Waals surface area contributed by atoms with Gasteiger partial charge in [-0.15, -0.1) is 0 Å². The van der Waals surface area contributed by atoms with Crippen LogP contribution in [-0.4, -0.2) is 35.5 Å². The van der Waals surface area contributed by atoms with Crippen LogP contribution in [0.2, 0.25) is 0 Å². The van der Waals surface area contributed by atoms with Crippen LogP contribution in [0.15, 0.2) is 0 Å². The van der Waals surface area contributed by atoms with Gasteiger partial charge in [0, 0.05) is 18.2 Å². The second kappa shape index (κ2) is 4.04. The Morgan fingerprint density at radius 3 is 2.73 bits per heavy atom. The van der Waals surface area contributed by atoms with Gasteiger partial charge in [-0.1, -0.05) is 0 Å². The van der Waals surface area contributed by atoms with Crippen molar-refractivity contribution >= 4 is 0 Å². The van der Waals surface area contributed by atoms with Crippen molar-refractivity contribution in [1.82, 2.24) is 5.32 Å². The molecule has 0 aromatic heterocycles. The van der Waals surface area contributed by atoms with Crippen LogP contribution in [0.4, 0.5) is 0 Å². The van der Waals surface area contributed by atoms with E-state index in [4.69, 9.17) is 4.74 Å². The lowest BCUT2D eigenvalue weighted by Gasteiger charge is -2.48. The average molecular weight is 213 g/mol. The molecule has 1 unspecified atom stereocenters. The third kappa shape index (κ3) is 2.52. The first kappa shape index (κ1) is 11.4. The minimum atomic E-state index is -0.160. The highest BCUT2D eigenvalue weighted by Gasteiger charge is 2.43. The second-order valence-corrected chi connectivity index (χ2v) is 5.76. The molecule has 1 aliphatic carbocycles. The van der Waals surface area contributed by atoms with Gasteiger partial charge in [0.25, 0.3) is 0 Å². The minimum absolute atomic E-state index is 0.160. The van der Waals surface area contributed by atoms with Crippen molar-refractivity contribution in [2.45, 2.75) is 63.1 Å². The van der Waals surface area contributed by atoms with Crippen molar-refractivity contribution < 1.29 is 9.84 Å². The second-order valence-electron chi connectivity index (χ2n) is 5.76. The van der Waals surface area contributed by atoms with Gasteiger partial charge in [0.15, 0.2) is 0 Å². The Kier molecular flexibility index (Phi) is 3.06. The number of ether oxygens (including phenoxy) is 1. The molecule has 0 amide bonds. The van der Waals surface area contributed by atoms with Gasteiger partial charge in [0.05, 0.1) is 12.2 Å². The monoisotopic (exact) mass is 213 g/mol. The standard InChI is InChI=1S/C12H23NO2/c1-11(2,9-14)13-10-4-7-15-12(8-10)5-3-6-12/h10,13-14H,3-9H2,1-2H3. The molecule has 2 N–H and O–H groups in total. The van der Waals surface area contributed by atoms with E-state index in [1.165, 1.54) is 19.3 Å². The summed E-state index contributed by atoms with van der Waals surface area (Å²) in [5.74, 6) is 0. The molecule has 2 rings (SSSR count).